The molecular formula is C14H24N2O. The van der Waals surface area contributed by atoms with Crippen LogP contribution in [0, 0.1) is 17.8 Å². The molecule has 3 N–H and O–H groups in total. The van der Waals surface area contributed by atoms with Crippen LogP contribution in [0.25, 0.3) is 0 Å². The van der Waals surface area contributed by atoms with Crippen LogP contribution in [-0.4, -0.2) is 18.0 Å². The van der Waals surface area contributed by atoms with E-state index in [4.69, 9.17) is 5.73 Å². The topological polar surface area (TPSA) is 55.1 Å². The quantitative estimate of drug-likeness (QED) is 0.768. The number of carbonyl (C=O) groups excluding carboxylic acids is 1. The van der Waals surface area contributed by atoms with Crippen LogP contribution in [0.2, 0.25) is 0 Å². The fraction of sp³-hybridized carbons (Fsp3) is 0.929. The van der Waals surface area contributed by atoms with E-state index in [-0.39, 0.29) is 0 Å². The first-order valence-corrected chi connectivity index (χ1v) is 7.31. The lowest BCUT2D eigenvalue weighted by Crippen LogP contribution is -2.41. The summed E-state index contributed by atoms with van der Waals surface area (Å²) in [6.45, 7) is 0. The minimum absolute atomic E-state index is 0.349. The molecule has 0 saturated heterocycles. The minimum Gasteiger partial charge on any atom is -0.353 e. The molecule has 1 amide bonds. The second-order valence-electron chi connectivity index (χ2n) is 6.26. The van der Waals surface area contributed by atoms with E-state index in [1.54, 1.807) is 0 Å². The molecule has 0 radical (unpaired) electrons. The number of amides is 1. The summed E-state index contributed by atoms with van der Waals surface area (Å²) in [7, 11) is 0. The number of nitrogens with one attached hydrogen (secondary N) is 1. The van der Waals surface area contributed by atoms with Crippen molar-refractivity contribution in [3.05, 3.63) is 0 Å². The Balaban J connectivity index is 1.48. The number of rotatable bonds is 2. The molecule has 3 nitrogen and oxygen atoms in total. The highest BCUT2D eigenvalue weighted by atomic mass is 16.2. The van der Waals surface area contributed by atoms with E-state index in [2.05, 4.69) is 5.32 Å². The SMILES string of the molecule is NC1CCC(NC(=O)C2C3CCCCC32)CC1. The monoisotopic (exact) mass is 236 g/mol. The van der Waals surface area contributed by atoms with E-state index in [1.165, 1.54) is 25.7 Å². The van der Waals surface area contributed by atoms with Gasteiger partial charge in [-0.25, -0.2) is 0 Å². The molecule has 0 spiro atoms. The number of carbonyl (C=O) groups is 1. The average Bonchev–Trinajstić information content (AvgIpc) is 3.06. The van der Waals surface area contributed by atoms with Gasteiger partial charge in [0.05, 0.1) is 0 Å². The zero-order valence-electron chi connectivity index (χ0n) is 10.5. The Kier molecular flexibility index (Phi) is 3.12. The predicted octanol–water partition coefficient (Wildman–Crippen LogP) is 1.81. The first-order chi connectivity index (χ1) is 8.25. The summed E-state index contributed by atoms with van der Waals surface area (Å²) < 4.78 is 0. The summed E-state index contributed by atoms with van der Waals surface area (Å²) in [6.07, 6.45) is 9.55. The maximum atomic E-state index is 12.2. The molecule has 0 aromatic carbocycles. The van der Waals surface area contributed by atoms with Gasteiger partial charge in [-0.05, 0) is 50.4 Å². The van der Waals surface area contributed by atoms with Crippen LogP contribution in [0.3, 0.4) is 0 Å². The van der Waals surface area contributed by atoms with Crippen LogP contribution in [0.4, 0.5) is 0 Å². The molecule has 0 aromatic rings. The Labute approximate surface area is 104 Å². The lowest BCUT2D eigenvalue weighted by atomic mass is 9.91. The van der Waals surface area contributed by atoms with Crippen molar-refractivity contribution in [2.45, 2.75) is 63.5 Å². The fourth-order valence-electron chi connectivity index (χ4n) is 3.94. The normalized spacial score (nSPS) is 44.9. The van der Waals surface area contributed by atoms with Gasteiger partial charge in [0, 0.05) is 18.0 Å². The maximum absolute atomic E-state index is 12.2. The van der Waals surface area contributed by atoms with Crippen molar-refractivity contribution >= 4 is 5.91 Å². The zero-order chi connectivity index (χ0) is 11.8. The Bertz CT molecular complexity index is 285. The van der Waals surface area contributed by atoms with Gasteiger partial charge in [0.1, 0.15) is 0 Å². The Morgan fingerprint density at radius 2 is 1.53 bits per heavy atom. The first kappa shape index (κ1) is 11.5. The molecule has 3 fully saturated rings. The lowest BCUT2D eigenvalue weighted by Gasteiger charge is -2.26. The summed E-state index contributed by atoms with van der Waals surface area (Å²) in [6, 6.07) is 0.775. The highest BCUT2D eigenvalue weighted by Crippen LogP contribution is 2.55. The van der Waals surface area contributed by atoms with Crippen molar-refractivity contribution in [1.82, 2.24) is 5.32 Å². The standard InChI is InChI=1S/C14H24N2O/c15-9-5-7-10(8-6-9)16-14(17)13-11-3-1-2-4-12(11)13/h9-13H,1-8,15H2,(H,16,17). The third-order valence-corrected chi connectivity index (χ3v) is 5.08. The van der Waals surface area contributed by atoms with Gasteiger partial charge in [0.2, 0.25) is 5.91 Å². The molecule has 3 aliphatic rings. The molecule has 2 atom stereocenters. The molecular weight excluding hydrogens is 212 g/mol. The van der Waals surface area contributed by atoms with Crippen molar-refractivity contribution in [1.29, 1.82) is 0 Å². The van der Waals surface area contributed by atoms with Crippen LogP contribution in [0.15, 0.2) is 0 Å². The van der Waals surface area contributed by atoms with Crippen LogP contribution in [0.5, 0.6) is 0 Å². The van der Waals surface area contributed by atoms with E-state index < -0.39 is 0 Å². The second kappa shape index (κ2) is 4.60. The molecule has 3 heteroatoms. The van der Waals surface area contributed by atoms with Gasteiger partial charge < -0.3 is 11.1 Å². The van der Waals surface area contributed by atoms with Gasteiger partial charge in [0.25, 0.3) is 0 Å². The molecule has 96 valence electrons. The number of hydrogen-bond acceptors (Lipinski definition) is 2. The van der Waals surface area contributed by atoms with Crippen molar-refractivity contribution in [3.8, 4) is 0 Å². The van der Waals surface area contributed by atoms with E-state index in [0.717, 1.165) is 37.5 Å². The third-order valence-electron chi connectivity index (χ3n) is 5.08. The summed E-state index contributed by atoms with van der Waals surface area (Å²) in [5, 5.41) is 3.26. The summed E-state index contributed by atoms with van der Waals surface area (Å²) >= 11 is 0. The lowest BCUT2D eigenvalue weighted by molar-refractivity contribution is -0.123. The highest BCUT2D eigenvalue weighted by molar-refractivity contribution is 5.82. The Morgan fingerprint density at radius 3 is 2.12 bits per heavy atom. The third kappa shape index (κ3) is 2.35. The average molecular weight is 236 g/mol. The van der Waals surface area contributed by atoms with Crippen molar-refractivity contribution in [2.75, 3.05) is 0 Å². The molecule has 0 aromatic heterocycles. The van der Waals surface area contributed by atoms with E-state index >= 15 is 0 Å². The van der Waals surface area contributed by atoms with Crippen LogP contribution in [-0.2, 0) is 4.79 Å². The molecule has 0 aliphatic heterocycles. The van der Waals surface area contributed by atoms with E-state index in [0.29, 0.717) is 23.9 Å². The smallest absolute Gasteiger partial charge is 0.223 e. The minimum atomic E-state index is 0.349. The fourth-order valence-corrected chi connectivity index (χ4v) is 3.94. The molecule has 3 aliphatic carbocycles. The Morgan fingerprint density at radius 1 is 0.941 bits per heavy atom. The molecule has 17 heavy (non-hydrogen) atoms. The van der Waals surface area contributed by atoms with E-state index in [1.807, 2.05) is 0 Å². The van der Waals surface area contributed by atoms with Crippen molar-refractivity contribution < 1.29 is 4.79 Å². The van der Waals surface area contributed by atoms with Gasteiger partial charge in [0.15, 0.2) is 0 Å². The first-order valence-electron chi connectivity index (χ1n) is 7.31. The Hall–Kier alpha value is -0.570. The van der Waals surface area contributed by atoms with Gasteiger partial charge >= 0.3 is 0 Å². The highest BCUT2D eigenvalue weighted by Gasteiger charge is 2.54. The van der Waals surface area contributed by atoms with Crippen molar-refractivity contribution in [2.24, 2.45) is 23.5 Å². The van der Waals surface area contributed by atoms with Crippen LogP contribution < -0.4 is 11.1 Å². The summed E-state index contributed by atoms with van der Waals surface area (Å²) in [5.41, 5.74) is 5.88. The summed E-state index contributed by atoms with van der Waals surface area (Å²) in [5.74, 6) is 2.18. The van der Waals surface area contributed by atoms with Crippen LogP contribution >= 0.6 is 0 Å². The molecule has 3 saturated carbocycles. The van der Waals surface area contributed by atoms with Gasteiger partial charge in [-0.3, -0.25) is 4.79 Å². The van der Waals surface area contributed by atoms with Gasteiger partial charge in [-0.1, -0.05) is 12.8 Å². The second-order valence-corrected chi connectivity index (χ2v) is 6.26. The molecule has 2 unspecified atom stereocenters. The predicted molar refractivity (Wildman–Crippen MR) is 67.3 cm³/mol. The number of nitrogens with two attached hydrogens (primary N) is 1. The largest absolute Gasteiger partial charge is 0.353 e. The molecule has 3 rings (SSSR count). The number of hydrogen-bond donors (Lipinski definition) is 2. The zero-order valence-corrected chi connectivity index (χ0v) is 10.5. The van der Waals surface area contributed by atoms with Crippen molar-refractivity contribution in [3.63, 3.8) is 0 Å². The van der Waals surface area contributed by atoms with Gasteiger partial charge in [-0.2, -0.15) is 0 Å². The maximum Gasteiger partial charge on any atom is 0.223 e. The number of fused-ring (bicyclic) bond motifs is 1. The molecule has 0 heterocycles. The van der Waals surface area contributed by atoms with Gasteiger partial charge in [-0.15, -0.1) is 0 Å². The van der Waals surface area contributed by atoms with E-state index in [9.17, 15) is 4.79 Å². The molecule has 0 bridgehead atoms. The summed E-state index contributed by atoms with van der Waals surface area (Å²) in [4.78, 5) is 12.2. The van der Waals surface area contributed by atoms with Crippen LogP contribution in [0.1, 0.15) is 51.4 Å².